The highest BCUT2D eigenvalue weighted by atomic mass is 14.8. The van der Waals surface area contributed by atoms with Gasteiger partial charge in [0.1, 0.15) is 0 Å². The first-order valence-corrected chi connectivity index (χ1v) is 6.49. The fourth-order valence-corrected chi connectivity index (χ4v) is 2.20. The van der Waals surface area contributed by atoms with E-state index in [2.05, 4.69) is 58.8 Å². The number of nitrogens with zero attached hydrogens (tertiary/aromatic N) is 1. The molecule has 2 nitrogen and oxygen atoms in total. The Bertz CT molecular complexity index is 662. The molecule has 1 aromatic heterocycles. The molecule has 1 heterocycles. The summed E-state index contributed by atoms with van der Waals surface area (Å²) in [6.07, 6.45) is 3.69. The van der Waals surface area contributed by atoms with Gasteiger partial charge in [-0.15, -0.1) is 0 Å². The molecule has 0 atom stereocenters. The van der Waals surface area contributed by atoms with E-state index in [0.29, 0.717) is 0 Å². The fraction of sp³-hybridized carbons (Fsp3) is 0.118. The van der Waals surface area contributed by atoms with Crippen LogP contribution in [-0.2, 0) is 13.1 Å². The average Bonchev–Trinajstić information content (AvgIpc) is 2.48. The number of hydrogen-bond donors (Lipinski definition) is 1. The SMILES string of the molecule is c1cncc(CNCc2ccc3ccccc3c2)c1. The largest absolute Gasteiger partial charge is 0.309 e. The van der Waals surface area contributed by atoms with Crippen LogP contribution in [0, 0.1) is 0 Å². The third kappa shape index (κ3) is 2.98. The molecule has 3 aromatic rings. The van der Waals surface area contributed by atoms with Crippen LogP contribution in [0.3, 0.4) is 0 Å². The molecule has 2 heteroatoms. The van der Waals surface area contributed by atoms with Crippen LogP contribution in [0.25, 0.3) is 10.8 Å². The minimum atomic E-state index is 0.848. The maximum absolute atomic E-state index is 4.11. The lowest BCUT2D eigenvalue weighted by Gasteiger charge is -2.06. The number of hydrogen-bond acceptors (Lipinski definition) is 2. The smallest absolute Gasteiger partial charge is 0.0312 e. The van der Waals surface area contributed by atoms with Crippen LogP contribution in [0.15, 0.2) is 67.0 Å². The van der Waals surface area contributed by atoms with Crippen molar-refractivity contribution in [1.29, 1.82) is 0 Å². The summed E-state index contributed by atoms with van der Waals surface area (Å²) in [6.45, 7) is 1.72. The van der Waals surface area contributed by atoms with Gasteiger partial charge >= 0.3 is 0 Å². The summed E-state index contributed by atoms with van der Waals surface area (Å²) in [6, 6.07) is 19.1. The summed E-state index contributed by atoms with van der Waals surface area (Å²) < 4.78 is 0. The fourth-order valence-electron chi connectivity index (χ4n) is 2.20. The van der Waals surface area contributed by atoms with Gasteiger partial charge in [-0.05, 0) is 34.0 Å². The van der Waals surface area contributed by atoms with E-state index < -0.39 is 0 Å². The first kappa shape index (κ1) is 11.9. The number of aromatic nitrogens is 1. The molecule has 0 radical (unpaired) electrons. The highest BCUT2D eigenvalue weighted by Crippen LogP contribution is 2.15. The lowest BCUT2D eigenvalue weighted by molar-refractivity contribution is 0.692. The number of benzene rings is 2. The lowest BCUT2D eigenvalue weighted by atomic mass is 10.1. The van der Waals surface area contributed by atoms with E-state index in [1.165, 1.54) is 21.9 Å². The Balaban J connectivity index is 1.65. The number of rotatable bonds is 4. The van der Waals surface area contributed by atoms with Crippen LogP contribution < -0.4 is 5.32 Å². The van der Waals surface area contributed by atoms with E-state index in [1.54, 1.807) is 6.20 Å². The third-order valence-corrected chi connectivity index (χ3v) is 3.19. The van der Waals surface area contributed by atoms with Crippen LogP contribution in [0.2, 0.25) is 0 Å². The van der Waals surface area contributed by atoms with Gasteiger partial charge in [0.15, 0.2) is 0 Å². The summed E-state index contributed by atoms with van der Waals surface area (Å²) in [5, 5.41) is 6.03. The average molecular weight is 248 g/mol. The Morgan fingerprint density at radius 1 is 0.789 bits per heavy atom. The molecule has 1 N–H and O–H groups in total. The zero-order valence-corrected chi connectivity index (χ0v) is 10.7. The molecular weight excluding hydrogens is 232 g/mol. The van der Waals surface area contributed by atoms with E-state index in [1.807, 2.05) is 12.3 Å². The zero-order chi connectivity index (χ0) is 12.9. The van der Waals surface area contributed by atoms with E-state index in [0.717, 1.165) is 13.1 Å². The molecule has 0 spiro atoms. The van der Waals surface area contributed by atoms with Crippen molar-refractivity contribution in [3.05, 3.63) is 78.1 Å². The molecule has 0 amide bonds. The summed E-state index contributed by atoms with van der Waals surface area (Å²) in [5.74, 6) is 0. The summed E-state index contributed by atoms with van der Waals surface area (Å²) >= 11 is 0. The topological polar surface area (TPSA) is 24.9 Å². The van der Waals surface area contributed by atoms with Crippen molar-refractivity contribution in [2.45, 2.75) is 13.1 Å². The van der Waals surface area contributed by atoms with E-state index in [9.17, 15) is 0 Å². The van der Waals surface area contributed by atoms with Gasteiger partial charge in [-0.1, -0.05) is 42.5 Å². The maximum atomic E-state index is 4.11. The molecule has 19 heavy (non-hydrogen) atoms. The van der Waals surface area contributed by atoms with Gasteiger partial charge in [-0.3, -0.25) is 4.98 Å². The second-order valence-corrected chi connectivity index (χ2v) is 4.65. The first-order chi connectivity index (χ1) is 9.42. The van der Waals surface area contributed by atoms with Crippen molar-refractivity contribution in [3.63, 3.8) is 0 Å². The second-order valence-electron chi connectivity index (χ2n) is 4.65. The molecule has 3 rings (SSSR count). The van der Waals surface area contributed by atoms with E-state index in [4.69, 9.17) is 0 Å². The van der Waals surface area contributed by atoms with Crippen LogP contribution in [0.1, 0.15) is 11.1 Å². The van der Waals surface area contributed by atoms with Crippen molar-refractivity contribution >= 4 is 10.8 Å². The molecule has 0 aliphatic rings. The summed E-state index contributed by atoms with van der Waals surface area (Å²) in [4.78, 5) is 4.11. The van der Waals surface area contributed by atoms with Crippen molar-refractivity contribution in [2.75, 3.05) is 0 Å². The molecule has 0 unspecified atom stereocenters. The highest BCUT2D eigenvalue weighted by Gasteiger charge is 1.96. The summed E-state index contributed by atoms with van der Waals surface area (Å²) in [5.41, 5.74) is 2.52. The maximum Gasteiger partial charge on any atom is 0.0312 e. The van der Waals surface area contributed by atoms with Gasteiger partial charge in [-0.2, -0.15) is 0 Å². The van der Waals surface area contributed by atoms with Crippen LogP contribution in [0.5, 0.6) is 0 Å². The Morgan fingerprint density at radius 3 is 2.47 bits per heavy atom. The molecule has 0 bridgehead atoms. The molecule has 0 saturated heterocycles. The quantitative estimate of drug-likeness (QED) is 0.764. The molecular formula is C17H16N2. The van der Waals surface area contributed by atoms with Crippen LogP contribution in [-0.4, -0.2) is 4.98 Å². The van der Waals surface area contributed by atoms with Crippen molar-refractivity contribution < 1.29 is 0 Å². The van der Waals surface area contributed by atoms with Gasteiger partial charge in [0, 0.05) is 25.5 Å². The number of nitrogens with one attached hydrogen (secondary N) is 1. The minimum Gasteiger partial charge on any atom is -0.309 e. The second kappa shape index (κ2) is 5.63. The molecule has 0 saturated carbocycles. The van der Waals surface area contributed by atoms with Crippen molar-refractivity contribution in [2.24, 2.45) is 0 Å². The standard InChI is InChI=1S/C17H16N2/c1-2-6-17-10-14(7-8-16(17)5-1)11-19-13-15-4-3-9-18-12-15/h1-10,12,19H,11,13H2. The number of fused-ring (bicyclic) bond motifs is 1. The van der Waals surface area contributed by atoms with Crippen molar-refractivity contribution in [3.8, 4) is 0 Å². The van der Waals surface area contributed by atoms with Crippen LogP contribution >= 0.6 is 0 Å². The van der Waals surface area contributed by atoms with Gasteiger partial charge in [0.2, 0.25) is 0 Å². The first-order valence-electron chi connectivity index (χ1n) is 6.49. The van der Waals surface area contributed by atoms with E-state index >= 15 is 0 Å². The third-order valence-electron chi connectivity index (χ3n) is 3.19. The van der Waals surface area contributed by atoms with Crippen LogP contribution in [0.4, 0.5) is 0 Å². The highest BCUT2D eigenvalue weighted by molar-refractivity contribution is 5.82. The van der Waals surface area contributed by atoms with Crippen molar-refractivity contribution in [1.82, 2.24) is 10.3 Å². The van der Waals surface area contributed by atoms with Gasteiger partial charge in [0.05, 0.1) is 0 Å². The molecule has 0 aliphatic heterocycles. The molecule has 94 valence electrons. The molecule has 0 fully saturated rings. The Morgan fingerprint density at radius 2 is 1.63 bits per heavy atom. The van der Waals surface area contributed by atoms with Gasteiger partial charge in [0.25, 0.3) is 0 Å². The number of pyridine rings is 1. The molecule has 2 aromatic carbocycles. The lowest BCUT2D eigenvalue weighted by Crippen LogP contribution is -2.12. The Hall–Kier alpha value is -2.19. The predicted molar refractivity (Wildman–Crippen MR) is 78.7 cm³/mol. The Kier molecular flexibility index (Phi) is 3.52. The van der Waals surface area contributed by atoms with E-state index in [-0.39, 0.29) is 0 Å². The summed E-state index contributed by atoms with van der Waals surface area (Å²) in [7, 11) is 0. The predicted octanol–water partition coefficient (Wildman–Crippen LogP) is 3.52. The van der Waals surface area contributed by atoms with Gasteiger partial charge in [-0.25, -0.2) is 0 Å². The monoisotopic (exact) mass is 248 g/mol. The van der Waals surface area contributed by atoms with Gasteiger partial charge < -0.3 is 5.32 Å². The molecule has 0 aliphatic carbocycles. The Labute approximate surface area is 113 Å². The zero-order valence-electron chi connectivity index (χ0n) is 10.7. The normalized spacial score (nSPS) is 10.7. The minimum absolute atomic E-state index is 0.848.